The number of carboxylic acid groups (broad SMARTS) is 1. The van der Waals surface area contributed by atoms with Crippen LogP contribution in [0.5, 0.6) is 0 Å². The molecule has 0 saturated carbocycles. The van der Waals surface area contributed by atoms with E-state index in [0.29, 0.717) is 11.7 Å². The van der Waals surface area contributed by atoms with E-state index in [1.165, 1.54) is 28.3 Å². The van der Waals surface area contributed by atoms with E-state index in [2.05, 4.69) is 15.4 Å². The van der Waals surface area contributed by atoms with Gasteiger partial charge in [0.1, 0.15) is 0 Å². The van der Waals surface area contributed by atoms with Gasteiger partial charge >= 0.3 is 5.97 Å². The number of hydrogen-bond donors (Lipinski definition) is 2. The highest BCUT2D eigenvalue weighted by molar-refractivity contribution is 7.22. The number of nitrogens with one attached hydrogen (secondary N) is 1. The number of aromatic carboxylic acids is 1. The number of carbonyl (C=O) groups is 2. The van der Waals surface area contributed by atoms with Crippen LogP contribution in [0.25, 0.3) is 10.2 Å². The number of anilines is 1. The fraction of sp³-hybridized carbons (Fsp3) is 0.200. The molecule has 1 amide bonds. The van der Waals surface area contributed by atoms with Crippen LogP contribution in [0.1, 0.15) is 22.5 Å². The zero-order valence-corrected chi connectivity index (χ0v) is 13.1. The lowest BCUT2D eigenvalue weighted by Gasteiger charge is -2.02. The number of nitrogens with zero attached hydrogens (tertiary/aromatic N) is 3. The first-order valence-electron chi connectivity index (χ1n) is 6.95. The van der Waals surface area contributed by atoms with Crippen molar-refractivity contribution in [1.82, 2.24) is 14.8 Å². The lowest BCUT2D eigenvalue weighted by Crippen LogP contribution is -2.14. The van der Waals surface area contributed by atoms with Crippen LogP contribution in [-0.2, 0) is 11.3 Å². The zero-order valence-electron chi connectivity index (χ0n) is 12.3. The molecule has 0 saturated heterocycles. The minimum absolute atomic E-state index is 0.0351. The lowest BCUT2D eigenvalue weighted by molar-refractivity contribution is -0.116. The first-order valence-corrected chi connectivity index (χ1v) is 7.77. The average Bonchev–Trinajstić information content (AvgIpc) is 3.12. The molecule has 23 heavy (non-hydrogen) atoms. The Kier molecular flexibility index (Phi) is 4.07. The Morgan fingerprint density at radius 2 is 2.17 bits per heavy atom. The van der Waals surface area contributed by atoms with Gasteiger partial charge in [0.15, 0.2) is 10.8 Å². The van der Waals surface area contributed by atoms with Gasteiger partial charge in [-0.25, -0.2) is 9.78 Å². The molecule has 0 radical (unpaired) electrons. The van der Waals surface area contributed by atoms with Crippen molar-refractivity contribution >= 4 is 38.6 Å². The van der Waals surface area contributed by atoms with Gasteiger partial charge in [0.25, 0.3) is 0 Å². The van der Waals surface area contributed by atoms with Gasteiger partial charge in [-0.15, -0.1) is 0 Å². The number of hydrogen-bond acceptors (Lipinski definition) is 5. The SMILES string of the molecule is Cc1cccc2sc(NC(=O)CCn3ccc(C(=O)O)n3)nc12. The van der Waals surface area contributed by atoms with Gasteiger partial charge in [-0.3, -0.25) is 9.48 Å². The third kappa shape index (κ3) is 3.37. The number of para-hydroxylation sites is 1. The Morgan fingerprint density at radius 3 is 2.87 bits per heavy atom. The molecule has 1 aromatic carbocycles. The first kappa shape index (κ1) is 15.2. The summed E-state index contributed by atoms with van der Waals surface area (Å²) in [5.41, 5.74) is 1.93. The lowest BCUT2D eigenvalue weighted by atomic mass is 10.2. The van der Waals surface area contributed by atoms with E-state index in [-0.39, 0.29) is 18.0 Å². The maximum atomic E-state index is 12.0. The molecule has 0 fully saturated rings. The maximum Gasteiger partial charge on any atom is 0.356 e. The molecule has 0 aliphatic rings. The molecule has 0 unspecified atom stereocenters. The molecule has 2 aromatic heterocycles. The van der Waals surface area contributed by atoms with Crippen molar-refractivity contribution in [2.45, 2.75) is 19.9 Å². The van der Waals surface area contributed by atoms with Crippen LogP contribution in [0.3, 0.4) is 0 Å². The highest BCUT2D eigenvalue weighted by atomic mass is 32.1. The first-order chi connectivity index (χ1) is 11.0. The van der Waals surface area contributed by atoms with Crippen LogP contribution in [0.2, 0.25) is 0 Å². The second kappa shape index (κ2) is 6.17. The number of aryl methyl sites for hydroxylation is 2. The number of aromatic nitrogens is 3. The summed E-state index contributed by atoms with van der Waals surface area (Å²) in [7, 11) is 0. The minimum Gasteiger partial charge on any atom is -0.476 e. The van der Waals surface area contributed by atoms with E-state index >= 15 is 0 Å². The number of rotatable bonds is 5. The molecule has 0 aliphatic carbocycles. The molecule has 0 aliphatic heterocycles. The monoisotopic (exact) mass is 330 g/mol. The normalized spacial score (nSPS) is 10.8. The van der Waals surface area contributed by atoms with Crippen molar-refractivity contribution in [3.8, 4) is 0 Å². The second-order valence-corrected chi connectivity index (χ2v) is 6.04. The van der Waals surface area contributed by atoms with E-state index in [0.717, 1.165) is 15.8 Å². The number of carbonyl (C=O) groups excluding carboxylic acids is 1. The highest BCUT2D eigenvalue weighted by Gasteiger charge is 2.11. The van der Waals surface area contributed by atoms with Crippen molar-refractivity contribution in [1.29, 1.82) is 0 Å². The summed E-state index contributed by atoms with van der Waals surface area (Å²) in [6.45, 7) is 2.29. The van der Waals surface area contributed by atoms with Crippen molar-refractivity contribution in [3.63, 3.8) is 0 Å². The molecule has 7 nitrogen and oxygen atoms in total. The van der Waals surface area contributed by atoms with Gasteiger partial charge in [-0.05, 0) is 24.6 Å². The van der Waals surface area contributed by atoms with Crippen LogP contribution in [0, 0.1) is 6.92 Å². The topological polar surface area (TPSA) is 97.1 Å². The van der Waals surface area contributed by atoms with Gasteiger partial charge < -0.3 is 10.4 Å². The molecule has 0 spiro atoms. The summed E-state index contributed by atoms with van der Waals surface area (Å²) < 4.78 is 2.46. The largest absolute Gasteiger partial charge is 0.476 e. The van der Waals surface area contributed by atoms with Crippen molar-refractivity contribution < 1.29 is 14.7 Å². The fourth-order valence-corrected chi connectivity index (χ4v) is 3.10. The molecular weight excluding hydrogens is 316 g/mol. The Balaban J connectivity index is 1.61. The highest BCUT2D eigenvalue weighted by Crippen LogP contribution is 2.27. The summed E-state index contributed by atoms with van der Waals surface area (Å²) in [6, 6.07) is 7.30. The van der Waals surface area contributed by atoms with E-state index < -0.39 is 5.97 Å². The maximum absolute atomic E-state index is 12.0. The number of thiazole rings is 1. The summed E-state index contributed by atoms with van der Waals surface area (Å²) in [4.78, 5) is 27.2. The van der Waals surface area contributed by atoms with Crippen molar-refractivity contribution in [2.75, 3.05) is 5.32 Å². The molecule has 2 heterocycles. The second-order valence-electron chi connectivity index (χ2n) is 5.01. The molecular formula is C15H14N4O3S. The number of benzene rings is 1. The van der Waals surface area contributed by atoms with Crippen LogP contribution in [0.4, 0.5) is 5.13 Å². The predicted octanol–water partition coefficient (Wildman–Crippen LogP) is 2.53. The Hall–Kier alpha value is -2.74. The number of carboxylic acids is 1. The molecule has 2 N–H and O–H groups in total. The van der Waals surface area contributed by atoms with E-state index in [1.807, 2.05) is 25.1 Å². The fourth-order valence-electron chi connectivity index (χ4n) is 2.14. The molecule has 0 bridgehead atoms. The van der Waals surface area contributed by atoms with Gasteiger partial charge in [0, 0.05) is 19.2 Å². The molecule has 3 aromatic rings. The third-order valence-electron chi connectivity index (χ3n) is 3.29. The van der Waals surface area contributed by atoms with Crippen LogP contribution < -0.4 is 5.32 Å². The van der Waals surface area contributed by atoms with Crippen molar-refractivity contribution in [2.24, 2.45) is 0 Å². The molecule has 8 heteroatoms. The molecule has 118 valence electrons. The number of fused-ring (bicyclic) bond motifs is 1. The van der Waals surface area contributed by atoms with E-state index in [9.17, 15) is 9.59 Å². The van der Waals surface area contributed by atoms with Gasteiger partial charge in [-0.1, -0.05) is 23.5 Å². The Morgan fingerprint density at radius 1 is 1.35 bits per heavy atom. The zero-order chi connectivity index (χ0) is 16.4. The van der Waals surface area contributed by atoms with Crippen LogP contribution in [-0.4, -0.2) is 31.7 Å². The van der Waals surface area contributed by atoms with Gasteiger partial charge in [-0.2, -0.15) is 5.10 Å². The number of amides is 1. The minimum atomic E-state index is -1.09. The standard InChI is InChI=1S/C15H14N4O3S/c1-9-3-2-4-11-13(9)17-15(23-11)16-12(20)6-8-19-7-5-10(18-19)14(21)22/h2-5,7H,6,8H2,1H3,(H,21,22)(H,16,17,20). The van der Waals surface area contributed by atoms with Gasteiger partial charge in [0.2, 0.25) is 5.91 Å². The quantitative estimate of drug-likeness (QED) is 0.749. The Bertz CT molecular complexity index is 884. The van der Waals surface area contributed by atoms with Crippen LogP contribution >= 0.6 is 11.3 Å². The van der Waals surface area contributed by atoms with Crippen molar-refractivity contribution in [3.05, 3.63) is 41.7 Å². The van der Waals surface area contributed by atoms with E-state index in [1.54, 1.807) is 0 Å². The molecule has 3 rings (SSSR count). The third-order valence-corrected chi connectivity index (χ3v) is 4.23. The molecule has 0 atom stereocenters. The summed E-state index contributed by atoms with van der Waals surface area (Å²) in [5, 5.41) is 16.0. The smallest absolute Gasteiger partial charge is 0.356 e. The summed E-state index contributed by atoms with van der Waals surface area (Å²) in [5.74, 6) is -1.27. The summed E-state index contributed by atoms with van der Waals surface area (Å²) in [6.07, 6.45) is 1.73. The predicted molar refractivity (Wildman–Crippen MR) is 86.8 cm³/mol. The van der Waals surface area contributed by atoms with Crippen LogP contribution in [0.15, 0.2) is 30.5 Å². The van der Waals surface area contributed by atoms with E-state index in [4.69, 9.17) is 5.11 Å². The Labute approximate surface area is 135 Å². The van der Waals surface area contributed by atoms with Gasteiger partial charge in [0.05, 0.1) is 10.2 Å². The summed E-state index contributed by atoms with van der Waals surface area (Å²) >= 11 is 1.43. The average molecular weight is 330 g/mol.